The van der Waals surface area contributed by atoms with Gasteiger partial charge in [-0.1, -0.05) is 149 Å². The maximum absolute atomic E-state index is 12.4. The average molecular weight is 756 g/mol. The van der Waals surface area contributed by atoms with Crippen LogP contribution in [-0.2, 0) is 28.5 Å². The minimum atomic E-state index is -0.211. The molecule has 0 unspecified atom stereocenters. The first-order valence-electron chi connectivity index (χ1n) is 22.9. The van der Waals surface area contributed by atoms with Crippen LogP contribution in [0.15, 0.2) is 0 Å². The molecule has 8 heteroatoms. The molecule has 0 radical (unpaired) electrons. The van der Waals surface area contributed by atoms with E-state index in [4.69, 9.17) is 18.9 Å². The number of ether oxygens (including phenoxy) is 4. The third-order valence-electron chi connectivity index (χ3n) is 10.1. The largest absolute Gasteiger partial charge is 0.466 e. The van der Waals surface area contributed by atoms with Crippen LogP contribution in [0, 0.1) is 0 Å². The Morgan fingerprint density at radius 1 is 0.434 bits per heavy atom. The van der Waals surface area contributed by atoms with Crippen LogP contribution in [0.4, 0.5) is 0 Å². The van der Waals surface area contributed by atoms with Crippen molar-refractivity contribution in [3.63, 3.8) is 0 Å². The Morgan fingerprint density at radius 3 is 1.21 bits per heavy atom. The fourth-order valence-corrected chi connectivity index (χ4v) is 6.63. The molecular formula is C45H89NO7. The molecular weight excluding hydrogens is 666 g/mol. The van der Waals surface area contributed by atoms with Crippen molar-refractivity contribution >= 4 is 11.9 Å². The Labute approximate surface area is 328 Å². The molecule has 53 heavy (non-hydrogen) atoms. The molecule has 0 saturated carbocycles. The van der Waals surface area contributed by atoms with Crippen molar-refractivity contribution in [2.45, 2.75) is 226 Å². The zero-order chi connectivity index (χ0) is 38.7. The molecule has 0 heterocycles. The van der Waals surface area contributed by atoms with Crippen LogP contribution < -0.4 is 0 Å². The highest BCUT2D eigenvalue weighted by molar-refractivity contribution is 5.69. The Kier molecular flexibility index (Phi) is 42.5. The standard InChI is InChI=1S/C45H89NO7/c1-4-7-10-13-16-17-18-21-28-39-50-43(48)32-24-22-26-35-46(37-38-47)36-27-23-25-33-44(49)51-42-31-34-45(52-40-29-19-14-11-8-5-2)53-41-30-20-15-12-9-6-3/h45,47H,4-42H2,1-3H3. The van der Waals surface area contributed by atoms with Crippen molar-refractivity contribution in [1.82, 2.24) is 4.90 Å². The van der Waals surface area contributed by atoms with E-state index in [2.05, 4.69) is 25.7 Å². The molecule has 0 aliphatic heterocycles. The van der Waals surface area contributed by atoms with Gasteiger partial charge in [-0.2, -0.15) is 0 Å². The van der Waals surface area contributed by atoms with Crippen molar-refractivity contribution in [3.8, 4) is 0 Å². The van der Waals surface area contributed by atoms with Gasteiger partial charge in [-0.15, -0.1) is 0 Å². The van der Waals surface area contributed by atoms with Crippen LogP contribution in [0.5, 0.6) is 0 Å². The van der Waals surface area contributed by atoms with E-state index < -0.39 is 0 Å². The van der Waals surface area contributed by atoms with E-state index in [9.17, 15) is 14.7 Å². The average Bonchev–Trinajstić information content (AvgIpc) is 3.15. The summed E-state index contributed by atoms with van der Waals surface area (Å²) in [5.41, 5.74) is 0. The topological polar surface area (TPSA) is 94.5 Å². The molecule has 0 aromatic carbocycles. The van der Waals surface area contributed by atoms with Crippen LogP contribution in [0.2, 0.25) is 0 Å². The summed E-state index contributed by atoms with van der Waals surface area (Å²) < 4.78 is 23.2. The van der Waals surface area contributed by atoms with Gasteiger partial charge in [0.15, 0.2) is 6.29 Å². The van der Waals surface area contributed by atoms with Crippen LogP contribution in [0.1, 0.15) is 220 Å². The van der Waals surface area contributed by atoms with Gasteiger partial charge < -0.3 is 29.0 Å². The molecule has 0 atom stereocenters. The highest BCUT2D eigenvalue weighted by Crippen LogP contribution is 2.13. The minimum Gasteiger partial charge on any atom is -0.466 e. The first-order chi connectivity index (χ1) is 26.1. The Morgan fingerprint density at radius 2 is 0.792 bits per heavy atom. The molecule has 0 fully saturated rings. The van der Waals surface area contributed by atoms with Crippen molar-refractivity contribution in [2.24, 2.45) is 0 Å². The number of unbranched alkanes of at least 4 members (excludes halogenated alkanes) is 22. The summed E-state index contributed by atoms with van der Waals surface area (Å²) in [5.74, 6) is -0.193. The van der Waals surface area contributed by atoms with E-state index >= 15 is 0 Å². The highest BCUT2D eigenvalue weighted by Gasteiger charge is 2.12. The Hall–Kier alpha value is -1.22. The van der Waals surface area contributed by atoms with Gasteiger partial charge in [-0.3, -0.25) is 9.59 Å². The number of carbonyl (C=O) groups excluding carboxylic acids is 2. The van der Waals surface area contributed by atoms with E-state index in [1.165, 1.54) is 109 Å². The molecule has 0 amide bonds. The third kappa shape index (κ3) is 40.3. The van der Waals surface area contributed by atoms with Gasteiger partial charge in [0, 0.05) is 39.0 Å². The third-order valence-corrected chi connectivity index (χ3v) is 10.1. The number of esters is 2. The lowest BCUT2D eigenvalue weighted by molar-refractivity contribution is -0.154. The highest BCUT2D eigenvalue weighted by atomic mass is 16.7. The summed E-state index contributed by atoms with van der Waals surface area (Å²) in [6, 6.07) is 0. The molecule has 0 spiro atoms. The fourth-order valence-electron chi connectivity index (χ4n) is 6.63. The summed E-state index contributed by atoms with van der Waals surface area (Å²) in [7, 11) is 0. The van der Waals surface area contributed by atoms with E-state index in [1.54, 1.807) is 0 Å². The quantitative estimate of drug-likeness (QED) is 0.0373. The van der Waals surface area contributed by atoms with Crippen molar-refractivity contribution in [2.75, 3.05) is 52.7 Å². The van der Waals surface area contributed by atoms with Crippen LogP contribution in [0.3, 0.4) is 0 Å². The SMILES string of the molecule is CCCCCCCCCCCOC(=O)CCCCCN(CCO)CCCCCC(=O)OCCCC(OCCCCCCCC)OCCCCCCCC. The lowest BCUT2D eigenvalue weighted by Crippen LogP contribution is -2.29. The predicted octanol–water partition coefficient (Wildman–Crippen LogP) is 11.9. The Balaban J connectivity index is 3.98. The maximum Gasteiger partial charge on any atom is 0.305 e. The molecule has 0 rings (SSSR count). The van der Waals surface area contributed by atoms with Crippen molar-refractivity contribution in [3.05, 3.63) is 0 Å². The van der Waals surface area contributed by atoms with Crippen molar-refractivity contribution < 1.29 is 33.6 Å². The van der Waals surface area contributed by atoms with Gasteiger partial charge in [0.2, 0.25) is 0 Å². The van der Waals surface area contributed by atoms with E-state index in [0.717, 1.165) is 103 Å². The van der Waals surface area contributed by atoms with Crippen LogP contribution in [-0.4, -0.2) is 80.9 Å². The number of carbonyl (C=O) groups is 2. The molecule has 0 saturated heterocycles. The molecule has 0 bridgehead atoms. The lowest BCUT2D eigenvalue weighted by Gasteiger charge is -2.21. The van der Waals surface area contributed by atoms with Gasteiger partial charge >= 0.3 is 11.9 Å². The number of rotatable bonds is 44. The molecule has 0 aromatic heterocycles. The summed E-state index contributed by atoms with van der Waals surface area (Å²) in [6.45, 7) is 11.8. The zero-order valence-electron chi connectivity index (χ0n) is 35.5. The molecule has 0 aliphatic rings. The lowest BCUT2D eigenvalue weighted by atomic mass is 10.1. The Bertz CT molecular complexity index is 734. The summed E-state index contributed by atoms with van der Waals surface area (Å²) in [6.07, 6.45) is 34.1. The first kappa shape index (κ1) is 51.8. The second kappa shape index (κ2) is 43.5. The monoisotopic (exact) mass is 756 g/mol. The molecule has 8 nitrogen and oxygen atoms in total. The van der Waals surface area contributed by atoms with E-state index in [0.29, 0.717) is 32.6 Å². The normalized spacial score (nSPS) is 11.6. The van der Waals surface area contributed by atoms with Gasteiger partial charge in [0.05, 0.1) is 19.8 Å². The minimum absolute atomic E-state index is 0.0693. The van der Waals surface area contributed by atoms with Crippen LogP contribution >= 0.6 is 0 Å². The molecule has 1 N–H and O–H groups in total. The molecule has 0 aromatic rings. The maximum atomic E-state index is 12.4. The van der Waals surface area contributed by atoms with E-state index in [1.807, 2.05) is 0 Å². The summed E-state index contributed by atoms with van der Waals surface area (Å²) >= 11 is 0. The first-order valence-corrected chi connectivity index (χ1v) is 22.9. The van der Waals surface area contributed by atoms with Crippen LogP contribution in [0.25, 0.3) is 0 Å². The van der Waals surface area contributed by atoms with Gasteiger partial charge in [0.1, 0.15) is 0 Å². The number of aliphatic hydroxyl groups excluding tert-OH is 1. The number of hydrogen-bond acceptors (Lipinski definition) is 8. The zero-order valence-corrected chi connectivity index (χ0v) is 35.5. The van der Waals surface area contributed by atoms with Crippen molar-refractivity contribution in [1.29, 1.82) is 0 Å². The smallest absolute Gasteiger partial charge is 0.305 e. The van der Waals surface area contributed by atoms with Gasteiger partial charge in [0.25, 0.3) is 0 Å². The number of hydrogen-bond donors (Lipinski definition) is 1. The number of aliphatic hydroxyl groups is 1. The molecule has 316 valence electrons. The van der Waals surface area contributed by atoms with Gasteiger partial charge in [-0.05, 0) is 64.5 Å². The van der Waals surface area contributed by atoms with E-state index in [-0.39, 0.29) is 24.8 Å². The van der Waals surface area contributed by atoms with Gasteiger partial charge in [-0.25, -0.2) is 0 Å². The number of nitrogens with zero attached hydrogens (tertiary/aromatic N) is 1. The summed E-state index contributed by atoms with van der Waals surface area (Å²) in [4.78, 5) is 26.7. The fraction of sp³-hybridized carbons (Fsp3) is 0.956. The second-order valence-electron chi connectivity index (χ2n) is 15.3. The summed E-state index contributed by atoms with van der Waals surface area (Å²) in [5, 5.41) is 9.52. The predicted molar refractivity (Wildman–Crippen MR) is 221 cm³/mol. The second-order valence-corrected chi connectivity index (χ2v) is 15.3. The molecule has 0 aliphatic carbocycles.